The minimum absolute atomic E-state index is 0.0164. The van der Waals surface area contributed by atoms with Gasteiger partial charge >= 0.3 is 5.97 Å². The number of methoxy groups -OCH3 is 1. The Bertz CT molecular complexity index is 1100. The van der Waals surface area contributed by atoms with Gasteiger partial charge in [-0.3, -0.25) is 4.79 Å². The van der Waals surface area contributed by atoms with Crippen molar-refractivity contribution in [1.29, 1.82) is 0 Å². The predicted molar refractivity (Wildman–Crippen MR) is 177 cm³/mol. The van der Waals surface area contributed by atoms with Gasteiger partial charge in [0.25, 0.3) is 0 Å². The molecule has 3 rings (SSSR count). The van der Waals surface area contributed by atoms with Crippen LogP contribution in [0.4, 0.5) is 0 Å². The third kappa shape index (κ3) is 11.1. The van der Waals surface area contributed by atoms with E-state index in [4.69, 9.17) is 28.4 Å². The summed E-state index contributed by atoms with van der Waals surface area (Å²) >= 11 is 0. The molecule has 0 unspecified atom stereocenters. The summed E-state index contributed by atoms with van der Waals surface area (Å²) in [5.74, 6) is -1.64. The van der Waals surface area contributed by atoms with Crippen LogP contribution < -0.4 is 0 Å². The number of likely N-dealkylation sites (N-methyl/N-ethyl adjacent to an activating group) is 1. The van der Waals surface area contributed by atoms with Crippen LogP contribution in [-0.4, -0.2) is 149 Å². The minimum Gasteiger partial charge on any atom is -0.462 e. The number of aliphatic hydroxyl groups is 5. The van der Waals surface area contributed by atoms with Crippen molar-refractivity contribution >= 4 is 12.3 Å². The first-order valence-corrected chi connectivity index (χ1v) is 17.2. The lowest BCUT2D eigenvalue weighted by molar-refractivity contribution is -0.344. The number of hydrogen-bond acceptors (Lipinski definition) is 14. The number of ether oxygens (including phenoxy) is 6. The number of carbonyl (C=O) groups excluding carboxylic acids is 2. The Kier molecular flexibility index (Phi) is 15.8. The summed E-state index contributed by atoms with van der Waals surface area (Å²) in [6, 6.07) is -0.721. The molecular formula is C35H59NO13. The van der Waals surface area contributed by atoms with E-state index in [1.54, 1.807) is 58.0 Å². The van der Waals surface area contributed by atoms with Gasteiger partial charge in [-0.1, -0.05) is 31.2 Å². The molecule has 2 fully saturated rings. The van der Waals surface area contributed by atoms with Crippen LogP contribution in [0.15, 0.2) is 24.3 Å². The Hall–Kier alpha value is -1.82. The lowest BCUT2D eigenvalue weighted by atomic mass is 9.82. The summed E-state index contributed by atoms with van der Waals surface area (Å²) in [6.45, 7) is 8.44. The number of esters is 1. The molecular weight excluding hydrogens is 642 g/mol. The van der Waals surface area contributed by atoms with Crippen molar-refractivity contribution < 1.29 is 63.5 Å². The predicted octanol–water partition coefficient (Wildman–Crippen LogP) is 0.846. The molecule has 0 aromatic heterocycles. The van der Waals surface area contributed by atoms with E-state index in [-0.39, 0.29) is 25.2 Å². The molecule has 2 saturated heterocycles. The smallest absolute Gasteiger partial charge is 0.308 e. The van der Waals surface area contributed by atoms with E-state index in [2.05, 4.69) is 0 Å². The summed E-state index contributed by atoms with van der Waals surface area (Å²) in [5, 5.41) is 55.2. The summed E-state index contributed by atoms with van der Waals surface area (Å²) in [6.07, 6.45) is -4.00. The molecule has 0 bridgehead atoms. The highest BCUT2D eigenvalue weighted by molar-refractivity contribution is 5.70. The van der Waals surface area contributed by atoms with E-state index in [9.17, 15) is 35.1 Å². The lowest BCUT2D eigenvalue weighted by Crippen LogP contribution is -2.65. The monoisotopic (exact) mass is 701 g/mol. The third-order valence-electron chi connectivity index (χ3n) is 9.83. The van der Waals surface area contributed by atoms with Gasteiger partial charge in [-0.05, 0) is 60.0 Å². The Morgan fingerprint density at radius 2 is 1.69 bits per heavy atom. The van der Waals surface area contributed by atoms with Crippen molar-refractivity contribution in [2.75, 3.05) is 21.2 Å². The normalized spacial score (nSPS) is 44.9. The molecule has 0 spiro atoms. The molecule has 0 amide bonds. The maximum atomic E-state index is 12.8. The Morgan fingerprint density at radius 1 is 1.00 bits per heavy atom. The van der Waals surface area contributed by atoms with Crippen LogP contribution in [0.2, 0.25) is 0 Å². The topological polar surface area (TPSA) is 194 Å². The number of nitrogens with zero attached hydrogens (tertiary/aromatic N) is 1. The van der Waals surface area contributed by atoms with Crippen molar-refractivity contribution in [3.63, 3.8) is 0 Å². The Balaban J connectivity index is 1.94. The van der Waals surface area contributed by atoms with Crippen molar-refractivity contribution in [3.8, 4) is 0 Å². The van der Waals surface area contributed by atoms with Crippen molar-refractivity contribution in [2.45, 2.75) is 152 Å². The number of aldehydes is 1. The molecule has 5 N–H and O–H groups in total. The average molecular weight is 702 g/mol. The molecule has 0 aromatic carbocycles. The third-order valence-corrected chi connectivity index (χ3v) is 9.83. The van der Waals surface area contributed by atoms with Crippen LogP contribution >= 0.6 is 0 Å². The second-order valence-corrected chi connectivity index (χ2v) is 14.3. The SMILES string of the molecule is CO[C@H]1[C@@H](O[C@@H]2O[C@H](C)[C@H](O[C@@H]3C[C@](C)(O)[C@H](O)[C@H](C)O3)[C@H](N(C)C)[C@H]2O)[C@@H](CC=O)C[C@@H](C)[C@@H](O)C=CC=CC[C@@H](C)OC(=O)C[C@H]1O. The van der Waals surface area contributed by atoms with Crippen LogP contribution in [0, 0.1) is 11.8 Å². The standard InChI is InChI=1S/C35H59NO13/c1-19-16-23(14-15-37)31(32(44-8)25(39)17-26(40)45-20(2)12-10-9-11-13-24(19)38)49-34-29(41)28(36(6)7)30(21(3)47-34)48-27-18-35(5,43)33(42)22(4)46-27/h9-11,13,15,19-25,27-34,38-39,41-43H,12,14,16-18H2,1-8H3/t19-,20-,21-,22+,23+,24+,25-,27-,28-,29-,30+,31+,32-,33-,34+,35+/m1/s1. The average Bonchev–Trinajstić information content (AvgIpc) is 3.00. The molecule has 0 saturated carbocycles. The van der Waals surface area contributed by atoms with Gasteiger partial charge in [0.2, 0.25) is 0 Å². The zero-order valence-electron chi connectivity index (χ0n) is 30.0. The van der Waals surface area contributed by atoms with Gasteiger partial charge in [-0.15, -0.1) is 0 Å². The van der Waals surface area contributed by atoms with E-state index < -0.39 is 104 Å². The fourth-order valence-electron chi connectivity index (χ4n) is 7.04. The van der Waals surface area contributed by atoms with E-state index in [0.717, 1.165) is 6.29 Å². The molecule has 3 aliphatic rings. The van der Waals surface area contributed by atoms with E-state index in [1.165, 1.54) is 14.0 Å². The van der Waals surface area contributed by atoms with Gasteiger partial charge in [-0.2, -0.15) is 0 Å². The van der Waals surface area contributed by atoms with Gasteiger partial charge in [0.05, 0.1) is 48.6 Å². The highest BCUT2D eigenvalue weighted by Crippen LogP contribution is 2.36. The number of cyclic esters (lactones) is 1. The summed E-state index contributed by atoms with van der Waals surface area (Å²) in [4.78, 5) is 26.6. The summed E-state index contributed by atoms with van der Waals surface area (Å²) < 4.78 is 36.1. The number of carbonyl (C=O) groups is 2. The second kappa shape index (κ2) is 18.6. The molecule has 0 radical (unpaired) electrons. The second-order valence-electron chi connectivity index (χ2n) is 14.3. The van der Waals surface area contributed by atoms with Crippen LogP contribution in [-0.2, 0) is 38.0 Å². The zero-order chi connectivity index (χ0) is 36.6. The van der Waals surface area contributed by atoms with Crippen molar-refractivity contribution in [2.24, 2.45) is 11.8 Å². The quantitative estimate of drug-likeness (QED) is 0.177. The maximum absolute atomic E-state index is 12.8. The Labute approximate surface area is 289 Å². The van der Waals surface area contributed by atoms with E-state index in [0.29, 0.717) is 6.42 Å². The Morgan fingerprint density at radius 3 is 2.31 bits per heavy atom. The van der Waals surface area contributed by atoms with Gasteiger partial charge in [0.15, 0.2) is 12.6 Å². The fourth-order valence-corrected chi connectivity index (χ4v) is 7.04. The molecule has 0 aromatic rings. The minimum atomic E-state index is -1.46. The first-order chi connectivity index (χ1) is 23.0. The lowest BCUT2D eigenvalue weighted by Gasteiger charge is -2.50. The van der Waals surface area contributed by atoms with Crippen molar-refractivity contribution in [3.05, 3.63) is 24.3 Å². The first-order valence-electron chi connectivity index (χ1n) is 17.2. The highest BCUT2D eigenvalue weighted by atomic mass is 16.7. The first kappa shape index (κ1) is 41.6. The number of rotatable bonds is 8. The molecule has 0 aliphatic carbocycles. The number of hydrogen-bond donors (Lipinski definition) is 5. The van der Waals surface area contributed by atoms with Crippen LogP contribution in [0.1, 0.15) is 66.7 Å². The summed E-state index contributed by atoms with van der Waals surface area (Å²) in [5.41, 5.74) is -1.46. The summed E-state index contributed by atoms with van der Waals surface area (Å²) in [7, 11) is 4.86. The number of aliphatic hydroxyl groups excluding tert-OH is 4. The zero-order valence-corrected chi connectivity index (χ0v) is 30.0. The highest BCUT2D eigenvalue weighted by Gasteiger charge is 2.51. The molecule has 14 nitrogen and oxygen atoms in total. The van der Waals surface area contributed by atoms with Gasteiger partial charge in [0.1, 0.15) is 36.8 Å². The van der Waals surface area contributed by atoms with Crippen molar-refractivity contribution in [1.82, 2.24) is 4.90 Å². The van der Waals surface area contributed by atoms with E-state index >= 15 is 0 Å². The molecule has 49 heavy (non-hydrogen) atoms. The van der Waals surface area contributed by atoms with Crippen LogP contribution in [0.3, 0.4) is 0 Å². The molecule has 16 atom stereocenters. The largest absolute Gasteiger partial charge is 0.462 e. The fraction of sp³-hybridized carbons (Fsp3) is 0.829. The number of allylic oxidation sites excluding steroid dienone is 2. The maximum Gasteiger partial charge on any atom is 0.308 e. The van der Waals surface area contributed by atoms with Gasteiger partial charge in [-0.25, -0.2) is 0 Å². The van der Waals surface area contributed by atoms with Gasteiger partial charge < -0.3 is 63.6 Å². The van der Waals surface area contributed by atoms with Crippen LogP contribution in [0.25, 0.3) is 0 Å². The molecule has 3 heterocycles. The molecule has 3 aliphatic heterocycles. The van der Waals surface area contributed by atoms with Gasteiger partial charge in [0, 0.05) is 26.4 Å². The van der Waals surface area contributed by atoms with Crippen LogP contribution in [0.5, 0.6) is 0 Å². The molecule has 282 valence electrons. The molecule has 14 heteroatoms. The van der Waals surface area contributed by atoms with E-state index in [1.807, 2.05) is 13.0 Å².